The molecule has 0 radical (unpaired) electrons. The summed E-state index contributed by atoms with van der Waals surface area (Å²) in [6.07, 6.45) is 5.70. The number of carbonyl (C=O) groups is 1. The highest BCUT2D eigenvalue weighted by atomic mass is 35.5. The van der Waals surface area contributed by atoms with Crippen molar-refractivity contribution < 1.29 is 9.53 Å². The van der Waals surface area contributed by atoms with Crippen molar-refractivity contribution in [2.75, 3.05) is 19.7 Å². The molecule has 0 bridgehead atoms. The molecule has 3 rings (SSSR count). The van der Waals surface area contributed by atoms with Gasteiger partial charge in [-0.2, -0.15) is 0 Å². The minimum atomic E-state index is -0.0692. The van der Waals surface area contributed by atoms with Crippen molar-refractivity contribution in [2.24, 2.45) is 5.92 Å². The molecule has 0 amide bonds. The van der Waals surface area contributed by atoms with Crippen molar-refractivity contribution in [3.05, 3.63) is 53.3 Å². The summed E-state index contributed by atoms with van der Waals surface area (Å²) in [5, 5.41) is 0.728. The number of likely N-dealkylation sites (tertiary alicyclic amines) is 1. The van der Waals surface area contributed by atoms with Gasteiger partial charge in [0.2, 0.25) is 0 Å². The lowest BCUT2D eigenvalue weighted by atomic mass is 9.97. The molecule has 0 aliphatic carbocycles. The second-order valence-corrected chi connectivity index (χ2v) is 6.85. The third kappa shape index (κ3) is 4.80. The number of piperidine rings is 1. The highest BCUT2D eigenvalue weighted by molar-refractivity contribution is 6.30. The lowest BCUT2D eigenvalue weighted by molar-refractivity contribution is -0.150. The fourth-order valence-corrected chi connectivity index (χ4v) is 3.41. The zero-order valence-corrected chi connectivity index (χ0v) is 15.2. The van der Waals surface area contributed by atoms with Gasteiger partial charge in [0.15, 0.2) is 0 Å². The van der Waals surface area contributed by atoms with Crippen LogP contribution in [0.25, 0.3) is 11.1 Å². The lowest BCUT2D eigenvalue weighted by Crippen LogP contribution is -2.38. The van der Waals surface area contributed by atoms with Crippen molar-refractivity contribution in [1.29, 1.82) is 0 Å². The van der Waals surface area contributed by atoms with Gasteiger partial charge in [-0.3, -0.25) is 14.7 Å². The summed E-state index contributed by atoms with van der Waals surface area (Å²) in [4.78, 5) is 18.7. The van der Waals surface area contributed by atoms with Gasteiger partial charge in [-0.15, -0.1) is 0 Å². The molecule has 2 heterocycles. The van der Waals surface area contributed by atoms with E-state index in [0.717, 1.165) is 54.2 Å². The SMILES string of the molecule is CCOC(=O)C1CCCN(Cc2cncc(-c3ccc(Cl)cc3)c2)C1. The Kier molecular flexibility index (Phi) is 6.05. The fraction of sp³-hybridized carbons (Fsp3) is 0.400. The molecule has 1 aliphatic heterocycles. The summed E-state index contributed by atoms with van der Waals surface area (Å²) >= 11 is 5.96. The third-order valence-electron chi connectivity index (χ3n) is 4.50. The van der Waals surface area contributed by atoms with E-state index in [4.69, 9.17) is 16.3 Å². The van der Waals surface area contributed by atoms with Crippen molar-refractivity contribution in [3.8, 4) is 11.1 Å². The summed E-state index contributed by atoms with van der Waals surface area (Å²) in [6, 6.07) is 9.93. The molecular formula is C20H23ClN2O2. The van der Waals surface area contributed by atoms with Gasteiger partial charge in [-0.05, 0) is 55.6 Å². The van der Waals surface area contributed by atoms with E-state index in [1.54, 1.807) is 0 Å². The minimum absolute atomic E-state index is 0.0129. The fourth-order valence-electron chi connectivity index (χ4n) is 3.28. The molecule has 5 heteroatoms. The molecule has 1 aromatic heterocycles. The Balaban J connectivity index is 1.67. The predicted molar refractivity (Wildman–Crippen MR) is 99.3 cm³/mol. The van der Waals surface area contributed by atoms with E-state index in [1.165, 1.54) is 0 Å². The summed E-state index contributed by atoms with van der Waals surface area (Å²) < 4.78 is 5.18. The number of pyridine rings is 1. The maximum absolute atomic E-state index is 12.0. The molecule has 1 atom stereocenters. The van der Waals surface area contributed by atoms with Crippen molar-refractivity contribution in [1.82, 2.24) is 9.88 Å². The van der Waals surface area contributed by atoms with Crippen LogP contribution in [-0.2, 0) is 16.1 Å². The van der Waals surface area contributed by atoms with E-state index in [9.17, 15) is 4.79 Å². The number of rotatable bonds is 5. The molecular weight excluding hydrogens is 336 g/mol. The van der Waals surface area contributed by atoms with E-state index in [0.29, 0.717) is 6.61 Å². The number of aromatic nitrogens is 1. The first-order valence-corrected chi connectivity index (χ1v) is 9.12. The topological polar surface area (TPSA) is 42.4 Å². The molecule has 1 fully saturated rings. The second kappa shape index (κ2) is 8.45. The number of benzene rings is 1. The first-order valence-electron chi connectivity index (χ1n) is 8.74. The first kappa shape index (κ1) is 17.9. The van der Waals surface area contributed by atoms with Gasteiger partial charge >= 0.3 is 5.97 Å². The molecule has 0 spiro atoms. The van der Waals surface area contributed by atoms with Crippen LogP contribution >= 0.6 is 11.6 Å². The largest absolute Gasteiger partial charge is 0.466 e. The van der Waals surface area contributed by atoms with Crippen LogP contribution in [0.4, 0.5) is 0 Å². The molecule has 1 aliphatic rings. The molecule has 1 saturated heterocycles. The van der Waals surface area contributed by atoms with Gasteiger partial charge in [-0.1, -0.05) is 23.7 Å². The van der Waals surface area contributed by atoms with Crippen LogP contribution in [0, 0.1) is 5.92 Å². The van der Waals surface area contributed by atoms with Crippen LogP contribution in [0.3, 0.4) is 0 Å². The van der Waals surface area contributed by atoms with Crippen LogP contribution in [0.5, 0.6) is 0 Å². The minimum Gasteiger partial charge on any atom is -0.466 e. The maximum Gasteiger partial charge on any atom is 0.310 e. The maximum atomic E-state index is 12.0. The van der Waals surface area contributed by atoms with E-state index < -0.39 is 0 Å². The number of hydrogen-bond acceptors (Lipinski definition) is 4. The predicted octanol–water partition coefficient (Wildman–Crippen LogP) is 4.18. The summed E-state index contributed by atoms with van der Waals surface area (Å²) in [7, 11) is 0. The van der Waals surface area contributed by atoms with Crippen LogP contribution < -0.4 is 0 Å². The van der Waals surface area contributed by atoms with Gasteiger partial charge in [0.25, 0.3) is 0 Å². The number of ether oxygens (including phenoxy) is 1. The van der Waals surface area contributed by atoms with Crippen molar-refractivity contribution >= 4 is 17.6 Å². The third-order valence-corrected chi connectivity index (χ3v) is 4.76. The smallest absolute Gasteiger partial charge is 0.310 e. The van der Waals surface area contributed by atoms with Crippen LogP contribution in [0.1, 0.15) is 25.3 Å². The van der Waals surface area contributed by atoms with Crippen LogP contribution in [-0.4, -0.2) is 35.5 Å². The van der Waals surface area contributed by atoms with E-state index in [1.807, 2.05) is 43.6 Å². The molecule has 0 saturated carbocycles. The number of esters is 1. The van der Waals surface area contributed by atoms with Gasteiger partial charge < -0.3 is 4.74 Å². The summed E-state index contributed by atoms with van der Waals surface area (Å²) in [5.74, 6) is -0.0821. The lowest BCUT2D eigenvalue weighted by Gasteiger charge is -2.31. The average Bonchev–Trinajstić information content (AvgIpc) is 2.63. The summed E-state index contributed by atoms with van der Waals surface area (Å²) in [6.45, 7) is 4.85. The number of nitrogens with zero attached hydrogens (tertiary/aromatic N) is 2. The number of carbonyl (C=O) groups excluding carboxylic acids is 1. The quantitative estimate of drug-likeness (QED) is 0.752. The summed E-state index contributed by atoms with van der Waals surface area (Å²) in [5.41, 5.74) is 3.33. The van der Waals surface area contributed by atoms with Gasteiger partial charge in [0.05, 0.1) is 12.5 Å². The van der Waals surface area contributed by atoms with Crippen LogP contribution in [0.15, 0.2) is 42.7 Å². The highest BCUT2D eigenvalue weighted by Gasteiger charge is 2.26. The zero-order chi connectivity index (χ0) is 17.6. The van der Waals surface area contributed by atoms with Crippen molar-refractivity contribution in [2.45, 2.75) is 26.3 Å². The molecule has 25 heavy (non-hydrogen) atoms. The monoisotopic (exact) mass is 358 g/mol. The number of hydrogen-bond donors (Lipinski definition) is 0. The Hall–Kier alpha value is -1.91. The normalized spacial score (nSPS) is 18.1. The Bertz CT molecular complexity index is 718. The van der Waals surface area contributed by atoms with Crippen molar-refractivity contribution in [3.63, 3.8) is 0 Å². The molecule has 1 unspecified atom stereocenters. The van der Waals surface area contributed by atoms with Gasteiger partial charge in [-0.25, -0.2) is 0 Å². The molecule has 0 N–H and O–H groups in total. The second-order valence-electron chi connectivity index (χ2n) is 6.42. The highest BCUT2D eigenvalue weighted by Crippen LogP contribution is 2.24. The van der Waals surface area contributed by atoms with E-state index in [2.05, 4.69) is 16.0 Å². The Morgan fingerprint density at radius 3 is 2.84 bits per heavy atom. The molecule has 2 aromatic rings. The number of halogens is 1. The van der Waals surface area contributed by atoms with E-state index >= 15 is 0 Å². The Morgan fingerprint density at radius 1 is 1.28 bits per heavy atom. The first-order chi connectivity index (χ1) is 12.2. The van der Waals surface area contributed by atoms with E-state index in [-0.39, 0.29) is 11.9 Å². The zero-order valence-electron chi connectivity index (χ0n) is 14.5. The van der Waals surface area contributed by atoms with Gasteiger partial charge in [0.1, 0.15) is 0 Å². The van der Waals surface area contributed by atoms with Gasteiger partial charge in [0, 0.05) is 36.1 Å². The Morgan fingerprint density at radius 2 is 2.08 bits per heavy atom. The molecule has 132 valence electrons. The standard InChI is InChI=1S/C20H23ClN2O2/c1-2-25-20(24)17-4-3-9-23(14-17)13-15-10-18(12-22-11-15)16-5-7-19(21)8-6-16/h5-8,10-12,17H,2-4,9,13-14H2,1H3. The average molecular weight is 359 g/mol. The molecule has 1 aromatic carbocycles. The Labute approximate surface area is 153 Å². The molecule has 4 nitrogen and oxygen atoms in total. The van der Waals surface area contributed by atoms with Crippen LogP contribution in [0.2, 0.25) is 5.02 Å².